The number of nitrogens with one attached hydrogen (secondary N) is 1. The molecule has 1 aromatic carbocycles. The molecule has 0 saturated heterocycles. The van der Waals surface area contributed by atoms with Crippen molar-refractivity contribution in [2.75, 3.05) is 7.11 Å². The quantitative estimate of drug-likeness (QED) is 0.851. The van der Waals surface area contributed by atoms with Crippen LogP contribution in [0.1, 0.15) is 11.3 Å². The smallest absolute Gasteiger partial charge is 0.139 e. The predicted octanol–water partition coefficient (Wildman–Crippen LogP) is 3.56. The number of aromatic nitrogens is 2. The number of aromatic amines is 1. The van der Waals surface area contributed by atoms with Crippen LogP contribution >= 0.6 is 24.0 Å². The molecule has 2 heterocycles. The lowest BCUT2D eigenvalue weighted by atomic mass is 10.2. The van der Waals surface area contributed by atoms with Crippen LogP contribution in [-0.4, -0.2) is 17.1 Å². The first-order chi connectivity index (χ1) is 8.78. The number of nitrogens with zero attached hydrogens (tertiary/aromatic N) is 1. The van der Waals surface area contributed by atoms with Gasteiger partial charge in [-0.15, -0.1) is 0 Å². The Hall–Kier alpha value is -1.33. The highest BCUT2D eigenvalue weighted by atomic mass is 32.2. The van der Waals surface area contributed by atoms with Gasteiger partial charge in [-0.2, -0.15) is 11.8 Å². The molecule has 1 aromatic heterocycles. The van der Waals surface area contributed by atoms with Gasteiger partial charge in [-0.3, -0.25) is 0 Å². The highest BCUT2D eigenvalue weighted by Gasteiger charge is 2.15. The van der Waals surface area contributed by atoms with E-state index in [1.165, 1.54) is 11.3 Å². The van der Waals surface area contributed by atoms with Crippen LogP contribution in [-0.2, 0) is 11.5 Å². The van der Waals surface area contributed by atoms with Crippen molar-refractivity contribution in [3.8, 4) is 17.1 Å². The minimum atomic E-state index is 0.714. The van der Waals surface area contributed by atoms with Crippen molar-refractivity contribution in [2.45, 2.75) is 11.5 Å². The second-order valence-corrected chi connectivity index (χ2v) is 5.44. The third kappa shape index (κ3) is 2.04. The minimum absolute atomic E-state index is 0.714. The second-order valence-electron chi connectivity index (χ2n) is 4.07. The molecule has 1 aliphatic rings. The molecular formula is C13H12N2OS2. The summed E-state index contributed by atoms with van der Waals surface area (Å²) in [6, 6.07) is 7.84. The molecule has 5 heteroatoms. The van der Waals surface area contributed by atoms with Crippen molar-refractivity contribution in [1.82, 2.24) is 9.97 Å². The molecule has 0 radical (unpaired) electrons. The molecule has 0 saturated carbocycles. The molecule has 0 spiro atoms. The van der Waals surface area contributed by atoms with Gasteiger partial charge < -0.3 is 9.72 Å². The SMILES string of the molecule is COc1cccc(-c2nc(=S)c3c([nH]2)CSC3)c1. The third-order valence-electron chi connectivity index (χ3n) is 2.94. The monoisotopic (exact) mass is 276 g/mol. The summed E-state index contributed by atoms with van der Waals surface area (Å²) in [6.45, 7) is 0. The van der Waals surface area contributed by atoms with Crippen molar-refractivity contribution in [3.05, 3.63) is 40.2 Å². The number of hydrogen-bond donors (Lipinski definition) is 1. The molecule has 0 aliphatic carbocycles. The average Bonchev–Trinajstić information content (AvgIpc) is 2.87. The van der Waals surface area contributed by atoms with Gasteiger partial charge in [-0.05, 0) is 12.1 Å². The average molecular weight is 276 g/mol. The molecular weight excluding hydrogens is 264 g/mol. The number of hydrogen-bond acceptors (Lipinski definition) is 4. The van der Waals surface area contributed by atoms with Crippen LogP contribution in [0.15, 0.2) is 24.3 Å². The van der Waals surface area contributed by atoms with Crippen molar-refractivity contribution < 1.29 is 4.74 Å². The van der Waals surface area contributed by atoms with E-state index in [0.29, 0.717) is 4.64 Å². The Labute approximate surface area is 115 Å². The highest BCUT2D eigenvalue weighted by molar-refractivity contribution is 7.98. The van der Waals surface area contributed by atoms with Gasteiger partial charge in [0.15, 0.2) is 0 Å². The predicted molar refractivity (Wildman–Crippen MR) is 76.4 cm³/mol. The Morgan fingerprint density at radius 3 is 3.11 bits per heavy atom. The number of benzene rings is 1. The van der Waals surface area contributed by atoms with Crippen LogP contribution in [0.5, 0.6) is 5.75 Å². The lowest BCUT2D eigenvalue weighted by Crippen LogP contribution is -1.97. The molecule has 92 valence electrons. The number of fused-ring (bicyclic) bond motifs is 1. The molecule has 3 nitrogen and oxygen atoms in total. The number of ether oxygens (including phenoxy) is 1. The van der Waals surface area contributed by atoms with Crippen molar-refractivity contribution in [1.29, 1.82) is 0 Å². The summed E-state index contributed by atoms with van der Waals surface area (Å²) >= 11 is 7.22. The van der Waals surface area contributed by atoms with E-state index in [2.05, 4.69) is 9.97 Å². The van der Waals surface area contributed by atoms with E-state index in [4.69, 9.17) is 17.0 Å². The molecule has 3 rings (SSSR count). The highest BCUT2D eigenvalue weighted by Crippen LogP contribution is 2.30. The van der Waals surface area contributed by atoms with Gasteiger partial charge in [0.25, 0.3) is 0 Å². The Bertz CT molecular complexity index is 652. The summed E-state index contributed by atoms with van der Waals surface area (Å²) in [5.74, 6) is 3.60. The summed E-state index contributed by atoms with van der Waals surface area (Å²) < 4.78 is 5.94. The topological polar surface area (TPSA) is 37.9 Å². The zero-order valence-corrected chi connectivity index (χ0v) is 11.5. The molecule has 0 atom stereocenters. The first-order valence-corrected chi connectivity index (χ1v) is 7.18. The van der Waals surface area contributed by atoms with Gasteiger partial charge in [0.1, 0.15) is 16.2 Å². The van der Waals surface area contributed by atoms with E-state index in [9.17, 15) is 0 Å². The molecule has 2 aromatic rings. The number of methoxy groups -OCH3 is 1. The van der Waals surface area contributed by atoms with Gasteiger partial charge in [-0.1, -0.05) is 24.4 Å². The zero-order valence-electron chi connectivity index (χ0n) is 9.90. The molecule has 0 unspecified atom stereocenters. The first-order valence-electron chi connectivity index (χ1n) is 5.62. The maximum atomic E-state index is 5.35. The standard InChI is InChI=1S/C13H12N2OS2/c1-16-9-4-2-3-8(5-9)12-14-11-7-18-6-10(11)13(17)15-12/h2-5H,6-7H2,1H3,(H,14,15,17). The van der Waals surface area contributed by atoms with Crippen molar-refractivity contribution in [2.24, 2.45) is 0 Å². The Kier molecular flexibility index (Phi) is 3.09. The number of thioether (sulfide) groups is 1. The molecule has 1 N–H and O–H groups in total. The lowest BCUT2D eigenvalue weighted by Gasteiger charge is -2.06. The molecule has 1 aliphatic heterocycles. The maximum absolute atomic E-state index is 5.35. The largest absolute Gasteiger partial charge is 0.497 e. The van der Waals surface area contributed by atoms with E-state index in [1.807, 2.05) is 36.0 Å². The van der Waals surface area contributed by atoms with Gasteiger partial charge in [0.05, 0.1) is 7.11 Å². The van der Waals surface area contributed by atoms with Crippen molar-refractivity contribution in [3.63, 3.8) is 0 Å². The van der Waals surface area contributed by atoms with Crippen LogP contribution < -0.4 is 4.74 Å². The summed E-state index contributed by atoms with van der Waals surface area (Å²) in [4.78, 5) is 7.86. The summed E-state index contributed by atoms with van der Waals surface area (Å²) in [7, 11) is 1.66. The Balaban J connectivity index is 2.12. The second kappa shape index (κ2) is 4.74. The van der Waals surface area contributed by atoms with Gasteiger partial charge >= 0.3 is 0 Å². The number of H-pyrrole nitrogens is 1. The molecule has 0 fully saturated rings. The number of rotatable bonds is 2. The van der Waals surface area contributed by atoms with Gasteiger partial charge in [0.2, 0.25) is 0 Å². The van der Waals surface area contributed by atoms with E-state index >= 15 is 0 Å². The molecule has 18 heavy (non-hydrogen) atoms. The normalized spacial score (nSPS) is 13.4. The van der Waals surface area contributed by atoms with Crippen LogP contribution in [0.4, 0.5) is 0 Å². The van der Waals surface area contributed by atoms with E-state index in [1.54, 1.807) is 7.11 Å². The fourth-order valence-corrected chi connectivity index (χ4v) is 3.42. The minimum Gasteiger partial charge on any atom is -0.497 e. The maximum Gasteiger partial charge on any atom is 0.139 e. The van der Waals surface area contributed by atoms with Gasteiger partial charge in [0, 0.05) is 28.3 Å². The van der Waals surface area contributed by atoms with Gasteiger partial charge in [-0.25, -0.2) is 4.98 Å². The van der Waals surface area contributed by atoms with E-state index < -0.39 is 0 Å². The molecule has 0 amide bonds. The van der Waals surface area contributed by atoms with Crippen LogP contribution in [0.25, 0.3) is 11.4 Å². The van der Waals surface area contributed by atoms with Crippen molar-refractivity contribution >= 4 is 24.0 Å². The van der Waals surface area contributed by atoms with Crippen LogP contribution in [0.2, 0.25) is 0 Å². The summed E-state index contributed by atoms with van der Waals surface area (Å²) in [5.41, 5.74) is 3.39. The fourth-order valence-electron chi connectivity index (χ4n) is 1.98. The lowest BCUT2D eigenvalue weighted by molar-refractivity contribution is 0.415. The van der Waals surface area contributed by atoms with Crippen LogP contribution in [0.3, 0.4) is 0 Å². The third-order valence-corrected chi connectivity index (χ3v) is 4.26. The molecule has 0 bridgehead atoms. The Morgan fingerprint density at radius 2 is 2.28 bits per heavy atom. The van der Waals surface area contributed by atoms with Crippen LogP contribution in [0, 0.1) is 4.64 Å². The summed E-state index contributed by atoms with van der Waals surface area (Å²) in [6.07, 6.45) is 0. The zero-order chi connectivity index (χ0) is 12.5. The fraction of sp³-hybridized carbons (Fsp3) is 0.231. The summed E-state index contributed by atoms with van der Waals surface area (Å²) in [5, 5.41) is 0. The Morgan fingerprint density at radius 1 is 1.39 bits per heavy atom. The first kappa shape index (κ1) is 11.7. The van der Waals surface area contributed by atoms with E-state index in [-0.39, 0.29) is 0 Å². The van der Waals surface area contributed by atoms with E-state index in [0.717, 1.165) is 28.6 Å².